The van der Waals surface area contributed by atoms with Crippen LogP contribution in [-0.4, -0.2) is 56.9 Å². The van der Waals surface area contributed by atoms with Gasteiger partial charge in [0.1, 0.15) is 12.4 Å². The number of hydrogen-bond acceptors (Lipinski definition) is 9. The smallest absolute Gasteiger partial charge is 0.328 e. The summed E-state index contributed by atoms with van der Waals surface area (Å²) in [5, 5.41) is 23.9. The second kappa shape index (κ2) is 15.7. The molecule has 2 heterocycles. The number of nitrogens with one attached hydrogen (secondary N) is 2. The summed E-state index contributed by atoms with van der Waals surface area (Å²) >= 11 is 1.58. The van der Waals surface area contributed by atoms with Crippen molar-refractivity contribution in [3.8, 4) is 0 Å². The number of benzene rings is 3. The number of ether oxygens (including phenoxy) is 3. The predicted molar refractivity (Wildman–Crippen MR) is 168 cm³/mol. The third-order valence-corrected chi connectivity index (χ3v) is 8.63. The van der Waals surface area contributed by atoms with E-state index in [-0.39, 0.29) is 25.4 Å². The summed E-state index contributed by atoms with van der Waals surface area (Å²) in [6.45, 7) is 0.242. The van der Waals surface area contributed by atoms with Gasteiger partial charge in [0, 0.05) is 37.8 Å². The number of thioether (sulfide) groups is 1. The summed E-state index contributed by atoms with van der Waals surface area (Å²) in [6, 6.07) is 23.6. The Labute approximate surface area is 266 Å². The molecule has 12 heteroatoms. The van der Waals surface area contributed by atoms with Crippen LogP contribution in [0.15, 0.2) is 90.3 Å². The van der Waals surface area contributed by atoms with E-state index >= 15 is 0 Å². The SMILES string of the molecule is COC(=O)[C@H](Cc1ccccc1)NC(=O)NCc1ccc([C@H]2O[C@@H](CSc3nncn3C)C[C@@H](c3ccc(CO)cc3)O2)cc1. The van der Waals surface area contributed by atoms with E-state index < -0.39 is 24.3 Å². The topological polar surface area (TPSA) is 137 Å². The van der Waals surface area contributed by atoms with Crippen LogP contribution in [0.25, 0.3) is 0 Å². The molecule has 0 unspecified atom stereocenters. The number of carbonyl (C=O) groups excluding carboxylic acids is 2. The van der Waals surface area contributed by atoms with Gasteiger partial charge in [0.15, 0.2) is 11.4 Å². The van der Waals surface area contributed by atoms with Gasteiger partial charge in [-0.15, -0.1) is 10.2 Å². The Hall–Kier alpha value is -4.23. The van der Waals surface area contributed by atoms with Crippen LogP contribution in [0.4, 0.5) is 4.79 Å². The van der Waals surface area contributed by atoms with E-state index in [0.717, 1.165) is 33.0 Å². The largest absolute Gasteiger partial charge is 0.467 e. The standard InChI is InChI=1S/C33H37N5O6S/c1-38-21-35-37-33(38)45-20-27-17-29(25-12-10-24(19-39)11-13-25)44-31(43-27)26-14-8-23(9-15-26)18-34-32(41)36-28(30(40)42-2)16-22-6-4-3-5-7-22/h3-15,21,27-29,31,39H,16-20H2,1-2H3,(H2,34,36,41)/t27-,28+,29+,31+/m1/s1. The van der Waals surface area contributed by atoms with Crippen molar-refractivity contribution in [1.82, 2.24) is 25.4 Å². The molecule has 0 spiro atoms. The first-order valence-corrected chi connectivity index (χ1v) is 15.6. The highest BCUT2D eigenvalue weighted by Crippen LogP contribution is 2.39. The summed E-state index contributed by atoms with van der Waals surface area (Å²) in [6.07, 6.45) is 1.73. The van der Waals surface area contributed by atoms with Crippen LogP contribution in [0.5, 0.6) is 0 Å². The zero-order valence-corrected chi connectivity index (χ0v) is 26.0. The molecule has 1 aliphatic rings. The van der Waals surface area contributed by atoms with Crippen molar-refractivity contribution in [3.63, 3.8) is 0 Å². The van der Waals surface area contributed by atoms with Gasteiger partial charge in [-0.3, -0.25) is 0 Å². The Kier molecular flexibility index (Phi) is 11.2. The van der Waals surface area contributed by atoms with Crippen molar-refractivity contribution < 1.29 is 28.9 Å². The third kappa shape index (κ3) is 8.92. The predicted octanol–water partition coefficient (Wildman–Crippen LogP) is 4.23. The zero-order valence-electron chi connectivity index (χ0n) is 25.2. The molecule has 0 radical (unpaired) electrons. The third-order valence-electron chi connectivity index (χ3n) is 7.46. The van der Waals surface area contributed by atoms with E-state index in [4.69, 9.17) is 14.2 Å². The first-order chi connectivity index (χ1) is 21.9. The maximum absolute atomic E-state index is 12.7. The molecule has 1 fully saturated rings. The highest BCUT2D eigenvalue weighted by Gasteiger charge is 2.32. The summed E-state index contributed by atoms with van der Waals surface area (Å²) in [7, 11) is 3.21. The highest BCUT2D eigenvalue weighted by molar-refractivity contribution is 7.99. The molecule has 11 nitrogen and oxygen atoms in total. The van der Waals surface area contributed by atoms with E-state index in [1.807, 2.05) is 90.5 Å². The number of aromatic nitrogens is 3. The second-order valence-corrected chi connectivity index (χ2v) is 11.7. The molecule has 3 aromatic carbocycles. The number of carbonyl (C=O) groups is 2. The molecule has 0 bridgehead atoms. The molecule has 0 saturated carbocycles. The fourth-order valence-electron chi connectivity index (χ4n) is 4.96. The summed E-state index contributed by atoms with van der Waals surface area (Å²) in [4.78, 5) is 25.0. The number of aliphatic hydroxyl groups is 1. The summed E-state index contributed by atoms with van der Waals surface area (Å²) < 4.78 is 19.6. The van der Waals surface area contributed by atoms with Crippen molar-refractivity contribution in [1.29, 1.82) is 0 Å². The van der Waals surface area contributed by atoms with E-state index in [1.165, 1.54) is 7.11 Å². The Morgan fingerprint density at radius 1 is 1.00 bits per heavy atom. The minimum absolute atomic E-state index is 0.0169. The number of aryl methyl sites for hydroxylation is 1. The monoisotopic (exact) mass is 631 g/mol. The molecule has 1 aliphatic heterocycles. The molecule has 236 valence electrons. The lowest BCUT2D eigenvalue weighted by Gasteiger charge is -2.36. The van der Waals surface area contributed by atoms with Gasteiger partial charge in [0.05, 0.1) is 25.9 Å². The molecular formula is C33H37N5O6S. The quantitative estimate of drug-likeness (QED) is 0.155. The normalized spacial score (nSPS) is 18.6. The number of aliphatic hydroxyl groups excluding tert-OH is 1. The van der Waals surface area contributed by atoms with Crippen molar-refractivity contribution >= 4 is 23.8 Å². The maximum Gasteiger partial charge on any atom is 0.328 e. The lowest BCUT2D eigenvalue weighted by Crippen LogP contribution is -2.47. The molecule has 4 aromatic rings. The molecule has 1 aromatic heterocycles. The maximum atomic E-state index is 12.7. The highest BCUT2D eigenvalue weighted by atomic mass is 32.2. The zero-order chi connectivity index (χ0) is 31.6. The van der Waals surface area contributed by atoms with Crippen LogP contribution in [0.2, 0.25) is 0 Å². The minimum atomic E-state index is -0.812. The molecule has 0 aliphatic carbocycles. The first kappa shape index (κ1) is 32.2. The average Bonchev–Trinajstić information content (AvgIpc) is 3.50. The van der Waals surface area contributed by atoms with Gasteiger partial charge in [-0.05, 0) is 22.3 Å². The fraction of sp³-hybridized carbons (Fsp3) is 0.333. The van der Waals surface area contributed by atoms with Gasteiger partial charge in [-0.25, -0.2) is 9.59 Å². The van der Waals surface area contributed by atoms with Crippen molar-refractivity contribution in [2.75, 3.05) is 12.9 Å². The lowest BCUT2D eigenvalue weighted by atomic mass is 10.0. The van der Waals surface area contributed by atoms with E-state index in [9.17, 15) is 14.7 Å². The lowest BCUT2D eigenvalue weighted by molar-refractivity contribution is -0.245. The van der Waals surface area contributed by atoms with Crippen LogP contribution in [0, 0.1) is 0 Å². The number of methoxy groups -OCH3 is 1. The van der Waals surface area contributed by atoms with E-state index in [0.29, 0.717) is 18.6 Å². The first-order valence-electron chi connectivity index (χ1n) is 14.6. The molecule has 4 atom stereocenters. The number of hydrogen-bond donors (Lipinski definition) is 3. The summed E-state index contributed by atoms with van der Waals surface area (Å²) in [5.74, 6) is 0.160. The van der Waals surface area contributed by atoms with Gasteiger partial charge < -0.3 is 34.5 Å². The molecule has 3 N–H and O–H groups in total. The van der Waals surface area contributed by atoms with Crippen molar-refractivity contribution in [2.45, 2.75) is 55.7 Å². The Morgan fingerprint density at radius 2 is 1.71 bits per heavy atom. The van der Waals surface area contributed by atoms with E-state index in [1.54, 1.807) is 18.1 Å². The Morgan fingerprint density at radius 3 is 2.38 bits per heavy atom. The van der Waals surface area contributed by atoms with Crippen LogP contribution in [0.3, 0.4) is 0 Å². The minimum Gasteiger partial charge on any atom is -0.467 e. The van der Waals surface area contributed by atoms with Gasteiger partial charge in [0.2, 0.25) is 0 Å². The number of rotatable bonds is 12. The van der Waals surface area contributed by atoms with Crippen LogP contribution in [0.1, 0.15) is 46.6 Å². The summed E-state index contributed by atoms with van der Waals surface area (Å²) in [5.41, 5.74) is 4.48. The van der Waals surface area contributed by atoms with Gasteiger partial charge >= 0.3 is 12.0 Å². The second-order valence-electron chi connectivity index (χ2n) is 10.7. The van der Waals surface area contributed by atoms with Crippen LogP contribution < -0.4 is 10.6 Å². The molecule has 1 saturated heterocycles. The molecule has 2 amide bonds. The number of amides is 2. The van der Waals surface area contributed by atoms with Gasteiger partial charge in [-0.2, -0.15) is 0 Å². The van der Waals surface area contributed by atoms with Crippen LogP contribution >= 0.6 is 11.8 Å². The van der Waals surface area contributed by atoms with Gasteiger partial charge in [-0.1, -0.05) is 90.6 Å². The number of nitrogens with zero attached hydrogens (tertiary/aromatic N) is 3. The number of esters is 1. The molecular weight excluding hydrogens is 594 g/mol. The van der Waals surface area contributed by atoms with Gasteiger partial charge in [0.25, 0.3) is 0 Å². The van der Waals surface area contributed by atoms with Crippen LogP contribution in [-0.2, 0) is 45.6 Å². The molecule has 45 heavy (non-hydrogen) atoms. The van der Waals surface area contributed by atoms with Crippen molar-refractivity contribution in [3.05, 3.63) is 113 Å². The molecule has 5 rings (SSSR count). The number of urea groups is 1. The fourth-order valence-corrected chi connectivity index (χ4v) is 5.87. The average molecular weight is 632 g/mol. The van der Waals surface area contributed by atoms with Crippen molar-refractivity contribution in [2.24, 2.45) is 7.05 Å². The Bertz CT molecular complexity index is 1530. The van der Waals surface area contributed by atoms with E-state index in [2.05, 4.69) is 20.8 Å². The Balaban J connectivity index is 1.21.